The van der Waals surface area contributed by atoms with Crippen molar-refractivity contribution in [2.75, 3.05) is 0 Å². The molecule has 0 aromatic carbocycles. The molecule has 0 amide bonds. The standard InChI is InChI=1S/3NO3.Nb/c3*2-1(3)4;/q3*-1;+3. The molecule has 0 aliphatic rings. The maximum atomic E-state index is 8.25. The molecule has 0 rings (SSSR count). The van der Waals surface area contributed by atoms with Crippen LogP contribution in [0.25, 0.3) is 0 Å². The van der Waals surface area contributed by atoms with Crippen molar-refractivity contribution in [3.8, 4) is 0 Å². The van der Waals surface area contributed by atoms with Crippen molar-refractivity contribution in [1.29, 1.82) is 0 Å². The van der Waals surface area contributed by atoms with Crippen molar-refractivity contribution in [2.45, 2.75) is 0 Å². The van der Waals surface area contributed by atoms with E-state index in [0.717, 1.165) is 0 Å². The first-order valence-corrected chi connectivity index (χ1v) is 1.64. The third kappa shape index (κ3) is 261. The minimum atomic E-state index is -1.75. The van der Waals surface area contributed by atoms with Crippen LogP contribution in [0, 0.1) is 46.0 Å². The summed E-state index contributed by atoms with van der Waals surface area (Å²) in [6.07, 6.45) is 0. The Kier molecular flexibility index (Phi) is 29.0. The van der Waals surface area contributed by atoms with Gasteiger partial charge in [-0.15, -0.1) is 0 Å². The van der Waals surface area contributed by atoms with E-state index in [4.69, 9.17) is 46.0 Å². The zero-order chi connectivity index (χ0) is 10.7. The average Bonchev–Trinajstić information content (AvgIpc) is 1.54. The second kappa shape index (κ2) is 16.7. The molecule has 0 heterocycles. The smallest absolute Gasteiger partial charge is 0.356 e. The fourth-order valence-corrected chi connectivity index (χ4v) is 0. The molecule has 0 aliphatic carbocycles. The quantitative estimate of drug-likeness (QED) is 0.311. The van der Waals surface area contributed by atoms with Crippen LogP contribution in [0.1, 0.15) is 0 Å². The summed E-state index contributed by atoms with van der Waals surface area (Å²) in [5.41, 5.74) is 0. The van der Waals surface area contributed by atoms with Gasteiger partial charge >= 0.3 is 22.4 Å². The van der Waals surface area contributed by atoms with Crippen LogP contribution >= 0.6 is 0 Å². The molecule has 0 bridgehead atoms. The van der Waals surface area contributed by atoms with Gasteiger partial charge in [0.25, 0.3) is 0 Å². The molecule has 0 fully saturated rings. The van der Waals surface area contributed by atoms with E-state index < -0.39 is 15.3 Å². The summed E-state index contributed by atoms with van der Waals surface area (Å²) in [5.74, 6) is 0. The number of nitrogens with zero attached hydrogens (tertiary/aromatic N) is 3. The maximum Gasteiger partial charge on any atom is 3.00 e. The Morgan fingerprint density at radius 3 is 0.538 bits per heavy atom. The first-order valence-electron chi connectivity index (χ1n) is 1.64. The van der Waals surface area contributed by atoms with Gasteiger partial charge in [0.1, 0.15) is 0 Å². The third-order valence-electron chi connectivity index (χ3n) is 0. The monoisotopic (exact) mass is 279 g/mol. The van der Waals surface area contributed by atoms with E-state index in [2.05, 4.69) is 0 Å². The van der Waals surface area contributed by atoms with Crippen LogP contribution < -0.4 is 0 Å². The predicted molar refractivity (Wildman–Crippen MR) is 31.1 cm³/mol. The van der Waals surface area contributed by atoms with Crippen molar-refractivity contribution < 1.29 is 37.6 Å². The Labute approximate surface area is 84.2 Å². The van der Waals surface area contributed by atoms with E-state index in [0.29, 0.717) is 0 Å². The molecule has 13 heavy (non-hydrogen) atoms. The molecular weight excluding hydrogens is 279 g/mol. The van der Waals surface area contributed by atoms with Crippen molar-refractivity contribution in [3.05, 3.63) is 46.0 Å². The molecule has 0 unspecified atom stereocenters. The van der Waals surface area contributed by atoms with Gasteiger partial charge < -0.3 is 46.0 Å². The minimum Gasteiger partial charge on any atom is -0.356 e. The summed E-state index contributed by atoms with van der Waals surface area (Å²) in [5, 5.41) is 44.2. The van der Waals surface area contributed by atoms with Gasteiger partial charge in [0.05, 0.1) is 15.3 Å². The van der Waals surface area contributed by atoms with Crippen molar-refractivity contribution >= 4 is 0 Å². The van der Waals surface area contributed by atoms with Gasteiger partial charge in [-0.05, 0) is 0 Å². The van der Waals surface area contributed by atoms with E-state index in [-0.39, 0.29) is 22.4 Å². The average molecular weight is 279 g/mol. The zero-order valence-corrected chi connectivity index (χ0v) is 7.66. The topological polar surface area (TPSA) is 199 Å². The van der Waals surface area contributed by atoms with Gasteiger partial charge in [-0.25, -0.2) is 0 Å². The molecule has 0 aromatic rings. The van der Waals surface area contributed by atoms with Crippen LogP contribution in [0.2, 0.25) is 0 Å². The summed E-state index contributed by atoms with van der Waals surface area (Å²) in [6.45, 7) is 0. The summed E-state index contributed by atoms with van der Waals surface area (Å²) in [7, 11) is 0. The van der Waals surface area contributed by atoms with Crippen LogP contribution in [0.5, 0.6) is 0 Å². The normalized spacial score (nSPS) is 5.54. The van der Waals surface area contributed by atoms with Crippen molar-refractivity contribution in [2.24, 2.45) is 0 Å². The summed E-state index contributed by atoms with van der Waals surface area (Å²) in [6, 6.07) is 0. The predicted octanol–water partition coefficient (Wildman–Crippen LogP) is -0.720. The molecular formula is N3NbO9. The van der Waals surface area contributed by atoms with Gasteiger partial charge in [-0.1, -0.05) is 0 Å². The van der Waals surface area contributed by atoms with E-state index in [9.17, 15) is 0 Å². The Hall–Kier alpha value is -1.66. The number of rotatable bonds is 0. The Balaban J connectivity index is -0.0000000450. The second-order valence-electron chi connectivity index (χ2n) is 0.671. The van der Waals surface area contributed by atoms with Crippen LogP contribution in [-0.2, 0) is 22.4 Å². The molecule has 0 atom stereocenters. The minimum absolute atomic E-state index is 0. The second-order valence-corrected chi connectivity index (χ2v) is 0.671. The first kappa shape index (κ1) is 22.5. The SMILES string of the molecule is O=[N+]([O-])[O-].O=[N+]([O-])[O-].O=[N+]([O-])[O-].[Nb+3]. The molecule has 0 N–H and O–H groups in total. The molecule has 0 aliphatic heterocycles. The van der Waals surface area contributed by atoms with Crippen LogP contribution in [0.4, 0.5) is 0 Å². The molecule has 0 aromatic heterocycles. The van der Waals surface area contributed by atoms with Crippen LogP contribution in [0.3, 0.4) is 0 Å². The largest absolute Gasteiger partial charge is 3.00 e. The molecule has 13 heteroatoms. The van der Waals surface area contributed by atoms with Gasteiger partial charge in [0, 0.05) is 0 Å². The van der Waals surface area contributed by atoms with E-state index in [1.165, 1.54) is 0 Å². The fraction of sp³-hybridized carbons (Fsp3) is 0. The summed E-state index contributed by atoms with van der Waals surface area (Å²) in [4.78, 5) is 24.8. The van der Waals surface area contributed by atoms with Gasteiger partial charge in [-0.3, -0.25) is 0 Å². The maximum absolute atomic E-state index is 8.25. The summed E-state index contributed by atoms with van der Waals surface area (Å²) >= 11 is 0. The molecule has 0 spiro atoms. The molecule has 0 saturated heterocycles. The van der Waals surface area contributed by atoms with Crippen molar-refractivity contribution in [3.63, 3.8) is 0 Å². The number of hydrogen-bond donors (Lipinski definition) is 0. The van der Waals surface area contributed by atoms with Gasteiger partial charge in [0.2, 0.25) is 0 Å². The first-order chi connectivity index (χ1) is 5.20. The summed E-state index contributed by atoms with van der Waals surface area (Å²) < 4.78 is 0. The zero-order valence-electron chi connectivity index (χ0n) is 5.46. The Morgan fingerprint density at radius 1 is 0.538 bits per heavy atom. The van der Waals surface area contributed by atoms with Crippen molar-refractivity contribution in [1.82, 2.24) is 0 Å². The van der Waals surface area contributed by atoms with Crippen LogP contribution in [0.15, 0.2) is 0 Å². The Morgan fingerprint density at radius 2 is 0.538 bits per heavy atom. The fourth-order valence-electron chi connectivity index (χ4n) is 0. The molecule has 74 valence electrons. The van der Waals surface area contributed by atoms with E-state index >= 15 is 0 Å². The van der Waals surface area contributed by atoms with E-state index in [1.54, 1.807) is 0 Å². The molecule has 0 radical (unpaired) electrons. The van der Waals surface area contributed by atoms with Gasteiger partial charge in [0.15, 0.2) is 0 Å². The van der Waals surface area contributed by atoms with Gasteiger partial charge in [-0.2, -0.15) is 0 Å². The van der Waals surface area contributed by atoms with Crippen LogP contribution in [-0.4, -0.2) is 15.3 Å². The third-order valence-corrected chi connectivity index (χ3v) is 0. The Bertz CT molecular complexity index is 112. The van der Waals surface area contributed by atoms with E-state index in [1.807, 2.05) is 0 Å². The number of hydrogen-bond acceptors (Lipinski definition) is 9. The molecule has 12 nitrogen and oxygen atoms in total. The molecule has 0 saturated carbocycles.